The van der Waals surface area contributed by atoms with Crippen molar-refractivity contribution in [2.24, 2.45) is 5.14 Å². The van der Waals surface area contributed by atoms with Gasteiger partial charge in [-0.15, -0.1) is 0 Å². The first-order valence-electron chi connectivity index (χ1n) is 6.43. The molecule has 4 N–H and O–H groups in total. The third kappa shape index (κ3) is 4.59. The molecular weight excluding hydrogens is 320 g/mol. The average Bonchev–Trinajstić information content (AvgIpc) is 2.49. The van der Waals surface area contributed by atoms with Crippen LogP contribution in [0, 0.1) is 6.92 Å². The Morgan fingerprint density at radius 3 is 2.13 bits per heavy atom. The van der Waals surface area contributed by atoms with Crippen molar-refractivity contribution in [1.29, 1.82) is 0 Å². The fourth-order valence-electron chi connectivity index (χ4n) is 1.63. The molecule has 23 heavy (non-hydrogen) atoms. The summed E-state index contributed by atoms with van der Waals surface area (Å²) >= 11 is 0. The number of hydrogen-bond donors (Lipinski definition) is 3. The van der Waals surface area contributed by atoms with E-state index < -0.39 is 21.8 Å². The maximum absolute atomic E-state index is 11.8. The van der Waals surface area contributed by atoms with Gasteiger partial charge >= 0.3 is 11.8 Å². The number of aromatic nitrogens is 1. The number of anilines is 2. The van der Waals surface area contributed by atoms with Crippen LogP contribution in [0.5, 0.6) is 0 Å². The highest BCUT2D eigenvalue weighted by Gasteiger charge is 2.15. The van der Waals surface area contributed by atoms with Crippen LogP contribution in [0.2, 0.25) is 0 Å². The van der Waals surface area contributed by atoms with E-state index in [-0.39, 0.29) is 16.4 Å². The summed E-state index contributed by atoms with van der Waals surface area (Å²) in [4.78, 5) is 27.4. The molecule has 1 heterocycles. The minimum absolute atomic E-state index is 0.0937. The first-order chi connectivity index (χ1) is 10.8. The molecule has 0 aliphatic rings. The normalized spacial score (nSPS) is 10.9. The predicted octanol–water partition coefficient (Wildman–Crippen LogP) is 0.615. The SMILES string of the molecule is Cc1ccc(NC(=O)C(=O)Nc2ccc(S(N)(=O)=O)cc2)nc1. The molecular formula is C14H14N4O4S. The minimum atomic E-state index is -3.81. The van der Waals surface area contributed by atoms with Gasteiger partial charge in [-0.2, -0.15) is 0 Å². The van der Waals surface area contributed by atoms with Crippen LogP contribution in [0.15, 0.2) is 47.5 Å². The van der Waals surface area contributed by atoms with Gasteiger partial charge in [0.1, 0.15) is 5.82 Å². The van der Waals surface area contributed by atoms with Gasteiger partial charge in [-0.25, -0.2) is 18.5 Å². The van der Waals surface area contributed by atoms with Crippen LogP contribution in [0.4, 0.5) is 11.5 Å². The molecule has 9 heteroatoms. The molecule has 0 atom stereocenters. The quantitative estimate of drug-likeness (QED) is 0.708. The van der Waals surface area contributed by atoms with Gasteiger partial charge in [0, 0.05) is 11.9 Å². The topological polar surface area (TPSA) is 131 Å². The largest absolute Gasteiger partial charge is 0.318 e. The number of nitrogens with zero attached hydrogens (tertiary/aromatic N) is 1. The fourth-order valence-corrected chi connectivity index (χ4v) is 2.15. The number of pyridine rings is 1. The highest BCUT2D eigenvalue weighted by atomic mass is 32.2. The van der Waals surface area contributed by atoms with E-state index in [4.69, 9.17) is 5.14 Å². The molecule has 0 unspecified atom stereocenters. The molecule has 0 aliphatic heterocycles. The standard InChI is InChI=1S/C14H14N4O4S/c1-9-2-7-12(16-8-9)18-14(20)13(19)17-10-3-5-11(6-4-10)23(15,21)22/h2-8H,1H3,(H,17,19)(H2,15,21,22)(H,16,18,20). The molecule has 0 radical (unpaired) electrons. The third-order valence-electron chi connectivity index (χ3n) is 2.80. The number of nitrogens with two attached hydrogens (primary N) is 1. The monoisotopic (exact) mass is 334 g/mol. The van der Waals surface area contributed by atoms with Crippen molar-refractivity contribution in [3.8, 4) is 0 Å². The number of rotatable bonds is 3. The summed E-state index contributed by atoms with van der Waals surface area (Å²) in [6.45, 7) is 1.84. The summed E-state index contributed by atoms with van der Waals surface area (Å²) in [5.41, 5.74) is 1.18. The lowest BCUT2D eigenvalue weighted by atomic mass is 10.3. The Morgan fingerprint density at radius 1 is 1.00 bits per heavy atom. The molecule has 2 amide bonds. The first-order valence-corrected chi connectivity index (χ1v) is 7.98. The van der Waals surface area contributed by atoms with Crippen molar-refractivity contribution in [3.05, 3.63) is 48.2 Å². The first kappa shape index (κ1) is 16.6. The lowest BCUT2D eigenvalue weighted by Gasteiger charge is -2.06. The third-order valence-corrected chi connectivity index (χ3v) is 3.73. The summed E-state index contributed by atoms with van der Waals surface area (Å²) in [6.07, 6.45) is 1.56. The second-order valence-corrected chi connectivity index (χ2v) is 6.26. The zero-order valence-electron chi connectivity index (χ0n) is 12.1. The molecule has 2 rings (SSSR count). The Labute approximate surface area is 132 Å². The Balaban J connectivity index is 2.01. The predicted molar refractivity (Wildman–Crippen MR) is 84.0 cm³/mol. The number of amides is 2. The highest BCUT2D eigenvalue weighted by Crippen LogP contribution is 2.12. The van der Waals surface area contributed by atoms with E-state index in [0.717, 1.165) is 5.56 Å². The van der Waals surface area contributed by atoms with E-state index in [9.17, 15) is 18.0 Å². The number of aryl methyl sites for hydroxylation is 1. The number of carbonyl (C=O) groups is 2. The number of benzene rings is 1. The van der Waals surface area contributed by atoms with E-state index in [1.807, 2.05) is 6.92 Å². The van der Waals surface area contributed by atoms with Crippen LogP contribution in [0.25, 0.3) is 0 Å². The van der Waals surface area contributed by atoms with Crippen LogP contribution >= 0.6 is 0 Å². The highest BCUT2D eigenvalue weighted by molar-refractivity contribution is 7.89. The van der Waals surface area contributed by atoms with E-state index in [1.165, 1.54) is 24.3 Å². The van der Waals surface area contributed by atoms with Crippen molar-refractivity contribution in [1.82, 2.24) is 4.98 Å². The maximum Gasteiger partial charge on any atom is 0.315 e. The molecule has 0 saturated carbocycles. The Bertz CT molecular complexity index is 830. The van der Waals surface area contributed by atoms with Gasteiger partial charge in [0.05, 0.1) is 4.90 Å². The second kappa shape index (κ2) is 6.55. The average molecular weight is 334 g/mol. The molecule has 0 spiro atoms. The summed E-state index contributed by atoms with van der Waals surface area (Å²) in [7, 11) is -3.81. The van der Waals surface area contributed by atoms with Crippen molar-refractivity contribution in [2.75, 3.05) is 10.6 Å². The van der Waals surface area contributed by atoms with E-state index >= 15 is 0 Å². The lowest BCUT2D eigenvalue weighted by molar-refractivity contribution is -0.133. The molecule has 120 valence electrons. The van der Waals surface area contributed by atoms with E-state index in [1.54, 1.807) is 18.3 Å². The van der Waals surface area contributed by atoms with Crippen molar-refractivity contribution in [3.63, 3.8) is 0 Å². The van der Waals surface area contributed by atoms with Gasteiger partial charge in [0.25, 0.3) is 0 Å². The smallest absolute Gasteiger partial charge is 0.315 e. The molecule has 8 nitrogen and oxygen atoms in total. The molecule has 2 aromatic rings. The Morgan fingerprint density at radius 2 is 1.61 bits per heavy atom. The van der Waals surface area contributed by atoms with Crippen LogP contribution in [-0.4, -0.2) is 25.2 Å². The number of hydrogen-bond acceptors (Lipinski definition) is 5. The van der Waals surface area contributed by atoms with Gasteiger partial charge in [0.15, 0.2) is 0 Å². The fraction of sp³-hybridized carbons (Fsp3) is 0.0714. The lowest BCUT2D eigenvalue weighted by Crippen LogP contribution is -2.29. The van der Waals surface area contributed by atoms with Gasteiger partial charge in [-0.3, -0.25) is 9.59 Å². The van der Waals surface area contributed by atoms with Gasteiger partial charge in [-0.05, 0) is 42.8 Å². The summed E-state index contributed by atoms with van der Waals surface area (Å²) < 4.78 is 22.2. The number of sulfonamides is 1. The zero-order chi connectivity index (χ0) is 17.0. The minimum Gasteiger partial charge on any atom is -0.318 e. The van der Waals surface area contributed by atoms with Crippen molar-refractivity contribution in [2.45, 2.75) is 11.8 Å². The second-order valence-electron chi connectivity index (χ2n) is 4.70. The summed E-state index contributed by atoms with van der Waals surface area (Å²) in [6, 6.07) is 8.42. The summed E-state index contributed by atoms with van der Waals surface area (Å²) in [5.74, 6) is -1.55. The molecule has 0 saturated heterocycles. The molecule has 1 aromatic heterocycles. The van der Waals surface area contributed by atoms with Gasteiger partial charge in [0.2, 0.25) is 10.0 Å². The van der Waals surface area contributed by atoms with Gasteiger partial charge in [-0.1, -0.05) is 6.07 Å². The van der Waals surface area contributed by atoms with Crippen molar-refractivity contribution >= 4 is 33.3 Å². The van der Waals surface area contributed by atoms with Gasteiger partial charge < -0.3 is 10.6 Å². The van der Waals surface area contributed by atoms with E-state index in [2.05, 4.69) is 15.6 Å². The molecule has 0 bridgehead atoms. The van der Waals surface area contributed by atoms with Crippen LogP contribution in [0.1, 0.15) is 5.56 Å². The Kier molecular flexibility index (Phi) is 4.72. The number of carbonyl (C=O) groups excluding carboxylic acids is 2. The van der Waals surface area contributed by atoms with Crippen LogP contribution in [0.3, 0.4) is 0 Å². The number of nitrogens with one attached hydrogen (secondary N) is 2. The zero-order valence-corrected chi connectivity index (χ0v) is 12.9. The number of primary sulfonamides is 1. The van der Waals surface area contributed by atoms with Crippen LogP contribution in [-0.2, 0) is 19.6 Å². The van der Waals surface area contributed by atoms with E-state index in [0.29, 0.717) is 0 Å². The maximum atomic E-state index is 11.8. The Hall–Kier alpha value is -2.78. The molecule has 0 aliphatic carbocycles. The van der Waals surface area contributed by atoms with Crippen LogP contribution < -0.4 is 15.8 Å². The van der Waals surface area contributed by atoms with Crippen molar-refractivity contribution < 1.29 is 18.0 Å². The molecule has 1 aromatic carbocycles. The summed E-state index contributed by atoms with van der Waals surface area (Å²) in [5, 5.41) is 9.65. The molecule has 0 fully saturated rings.